The Kier molecular flexibility index (Phi) is 5.44. The summed E-state index contributed by atoms with van der Waals surface area (Å²) in [4.78, 5) is 28.8. The summed E-state index contributed by atoms with van der Waals surface area (Å²) in [7, 11) is 0. The summed E-state index contributed by atoms with van der Waals surface area (Å²) in [5.74, 6) is -2.40. The summed E-state index contributed by atoms with van der Waals surface area (Å²) < 4.78 is 5.34. The number of rotatable bonds is 4. The molecule has 0 aromatic heterocycles. The second-order valence-corrected chi connectivity index (χ2v) is 6.46. The number of carbonyl (C=O) groups excluding carboxylic acids is 1. The normalized spacial score (nSPS) is 20.8. The number of carboxylic acid groups (broad SMARTS) is 1. The number of hydrogen-bond donors (Lipinski definition) is 1. The molecule has 0 bridgehead atoms. The molecule has 2 rings (SSSR count). The molecule has 1 aromatic rings. The highest BCUT2D eigenvalue weighted by Crippen LogP contribution is 2.37. The molecule has 1 aliphatic heterocycles. The van der Waals surface area contributed by atoms with E-state index in [4.69, 9.17) is 16.3 Å². The minimum atomic E-state index is -1.12. The highest BCUT2D eigenvalue weighted by atomic mass is 35.5. The Morgan fingerprint density at radius 3 is 2.54 bits per heavy atom. The van der Waals surface area contributed by atoms with E-state index >= 15 is 0 Å². The molecule has 0 radical (unpaired) electrons. The number of esters is 1. The van der Waals surface area contributed by atoms with Crippen molar-refractivity contribution in [1.29, 1.82) is 0 Å². The number of aliphatic carboxylic acids is 1. The van der Waals surface area contributed by atoms with Gasteiger partial charge in [-0.3, -0.25) is 9.79 Å². The Bertz CT molecular complexity index is 736. The van der Waals surface area contributed by atoms with Gasteiger partial charge in [0.1, 0.15) is 5.92 Å². The van der Waals surface area contributed by atoms with Gasteiger partial charge in [-0.05, 0) is 51.0 Å². The van der Waals surface area contributed by atoms with Crippen molar-refractivity contribution in [3.63, 3.8) is 0 Å². The molecule has 1 aliphatic rings. The number of benzene rings is 1. The molecular weight excluding hydrogens is 330 g/mol. The van der Waals surface area contributed by atoms with Crippen molar-refractivity contribution in [3.8, 4) is 0 Å². The van der Waals surface area contributed by atoms with Crippen molar-refractivity contribution < 1.29 is 19.4 Å². The summed E-state index contributed by atoms with van der Waals surface area (Å²) in [5.41, 5.74) is 1.40. The van der Waals surface area contributed by atoms with Gasteiger partial charge in [-0.1, -0.05) is 23.7 Å². The van der Waals surface area contributed by atoms with Gasteiger partial charge < -0.3 is 9.84 Å². The van der Waals surface area contributed by atoms with E-state index in [-0.39, 0.29) is 11.7 Å². The van der Waals surface area contributed by atoms with Gasteiger partial charge in [0.25, 0.3) is 0 Å². The van der Waals surface area contributed by atoms with Crippen molar-refractivity contribution in [2.45, 2.75) is 39.8 Å². The number of nitrogens with zero attached hydrogens (tertiary/aromatic N) is 1. The van der Waals surface area contributed by atoms with E-state index in [1.807, 2.05) is 0 Å². The van der Waals surface area contributed by atoms with Crippen molar-refractivity contribution in [1.82, 2.24) is 0 Å². The largest absolute Gasteiger partial charge is 0.478 e. The summed E-state index contributed by atoms with van der Waals surface area (Å²) in [5, 5.41) is 10.1. The lowest BCUT2D eigenvalue weighted by molar-refractivity contribution is -0.150. The van der Waals surface area contributed by atoms with E-state index in [2.05, 4.69) is 4.99 Å². The lowest BCUT2D eigenvalue weighted by atomic mass is 9.80. The van der Waals surface area contributed by atoms with Gasteiger partial charge in [-0.25, -0.2) is 4.79 Å². The van der Waals surface area contributed by atoms with Gasteiger partial charge >= 0.3 is 11.9 Å². The molecule has 0 amide bonds. The van der Waals surface area contributed by atoms with Crippen LogP contribution in [0.5, 0.6) is 0 Å². The minimum Gasteiger partial charge on any atom is -0.478 e. The fourth-order valence-corrected chi connectivity index (χ4v) is 3.10. The van der Waals surface area contributed by atoms with E-state index in [9.17, 15) is 14.7 Å². The molecule has 0 spiro atoms. The molecule has 128 valence electrons. The van der Waals surface area contributed by atoms with Gasteiger partial charge in [-0.15, -0.1) is 0 Å². The molecule has 1 aromatic carbocycles. The maximum atomic E-state index is 12.6. The van der Waals surface area contributed by atoms with Crippen molar-refractivity contribution >= 4 is 34.8 Å². The van der Waals surface area contributed by atoms with Gasteiger partial charge in [0.05, 0.1) is 17.7 Å². The van der Waals surface area contributed by atoms with Gasteiger partial charge in [-0.2, -0.15) is 0 Å². The Morgan fingerprint density at radius 2 is 2.00 bits per heavy atom. The lowest BCUT2D eigenvalue weighted by Crippen LogP contribution is -2.35. The number of dihydropyridines is 1. The topological polar surface area (TPSA) is 76.0 Å². The molecule has 0 saturated carbocycles. The Balaban J connectivity index is 2.68. The molecule has 6 heteroatoms. The number of carboxylic acids is 1. The van der Waals surface area contributed by atoms with Crippen LogP contribution in [0.25, 0.3) is 5.57 Å². The molecular formula is C18H20ClNO4. The standard InChI is InChI=1S/C18H20ClNO4/c1-9(2)24-18(23)15-11(4)20-10(3)14(17(21)22)16(15)12-6-5-7-13(19)8-12/h5-9,11,15H,1-4H3,(H,21,22). The summed E-state index contributed by atoms with van der Waals surface area (Å²) in [6.45, 7) is 6.91. The van der Waals surface area contributed by atoms with Crippen LogP contribution in [-0.2, 0) is 14.3 Å². The fraction of sp³-hybridized carbons (Fsp3) is 0.389. The minimum absolute atomic E-state index is 0.0288. The van der Waals surface area contributed by atoms with Crippen LogP contribution in [0.15, 0.2) is 34.8 Å². The average Bonchev–Trinajstić information content (AvgIpc) is 2.44. The van der Waals surface area contributed by atoms with E-state index in [1.54, 1.807) is 52.0 Å². The first kappa shape index (κ1) is 18.2. The van der Waals surface area contributed by atoms with E-state index in [1.165, 1.54) is 0 Å². The predicted molar refractivity (Wildman–Crippen MR) is 93.3 cm³/mol. The first-order chi connectivity index (χ1) is 11.2. The summed E-state index contributed by atoms with van der Waals surface area (Å²) in [6, 6.07) is 6.39. The van der Waals surface area contributed by atoms with E-state index < -0.39 is 23.9 Å². The SMILES string of the molecule is CC1=NC(C)C(C(=O)OC(C)C)C(c2cccc(Cl)c2)=C1C(=O)O. The van der Waals surface area contributed by atoms with Crippen LogP contribution < -0.4 is 0 Å². The second-order valence-electron chi connectivity index (χ2n) is 6.02. The number of halogens is 1. The number of carbonyl (C=O) groups is 2. The predicted octanol–water partition coefficient (Wildman–Crippen LogP) is 3.61. The third-order valence-corrected chi connectivity index (χ3v) is 4.01. The Hall–Kier alpha value is -2.14. The molecule has 5 nitrogen and oxygen atoms in total. The van der Waals surface area contributed by atoms with Crippen LogP contribution in [0.4, 0.5) is 0 Å². The van der Waals surface area contributed by atoms with Crippen LogP contribution in [0.2, 0.25) is 5.02 Å². The quantitative estimate of drug-likeness (QED) is 0.842. The molecule has 1 N–H and O–H groups in total. The fourth-order valence-electron chi connectivity index (χ4n) is 2.91. The van der Waals surface area contributed by atoms with Crippen molar-refractivity contribution in [3.05, 3.63) is 40.4 Å². The smallest absolute Gasteiger partial charge is 0.337 e. The van der Waals surface area contributed by atoms with Crippen LogP contribution >= 0.6 is 11.6 Å². The first-order valence-corrected chi connectivity index (χ1v) is 8.08. The third-order valence-electron chi connectivity index (χ3n) is 3.78. The Morgan fingerprint density at radius 1 is 1.33 bits per heavy atom. The van der Waals surface area contributed by atoms with Crippen LogP contribution in [-0.4, -0.2) is 34.9 Å². The molecule has 1 heterocycles. The van der Waals surface area contributed by atoms with Crippen LogP contribution in [0.1, 0.15) is 33.3 Å². The van der Waals surface area contributed by atoms with Gasteiger partial charge in [0.2, 0.25) is 0 Å². The van der Waals surface area contributed by atoms with E-state index in [0.717, 1.165) is 0 Å². The molecule has 24 heavy (non-hydrogen) atoms. The van der Waals surface area contributed by atoms with Gasteiger partial charge in [0, 0.05) is 10.7 Å². The lowest BCUT2D eigenvalue weighted by Gasteiger charge is -2.30. The second kappa shape index (κ2) is 7.18. The zero-order chi connectivity index (χ0) is 18.0. The van der Waals surface area contributed by atoms with Crippen LogP contribution in [0, 0.1) is 5.92 Å². The zero-order valence-electron chi connectivity index (χ0n) is 14.0. The number of aliphatic imine (C=N–C) groups is 1. The first-order valence-electron chi connectivity index (χ1n) is 7.71. The van der Waals surface area contributed by atoms with Crippen molar-refractivity contribution in [2.75, 3.05) is 0 Å². The Labute approximate surface area is 146 Å². The molecule has 2 unspecified atom stereocenters. The third kappa shape index (κ3) is 3.67. The summed E-state index contributed by atoms with van der Waals surface area (Å²) in [6.07, 6.45) is -0.300. The molecule has 0 saturated heterocycles. The summed E-state index contributed by atoms with van der Waals surface area (Å²) >= 11 is 6.06. The van der Waals surface area contributed by atoms with Crippen molar-refractivity contribution in [2.24, 2.45) is 10.9 Å². The van der Waals surface area contributed by atoms with Gasteiger partial charge in [0.15, 0.2) is 0 Å². The maximum absolute atomic E-state index is 12.6. The molecule has 0 fully saturated rings. The maximum Gasteiger partial charge on any atom is 0.337 e. The monoisotopic (exact) mass is 349 g/mol. The highest BCUT2D eigenvalue weighted by Gasteiger charge is 2.39. The zero-order valence-corrected chi connectivity index (χ0v) is 14.8. The number of ether oxygens (including phenoxy) is 1. The molecule has 2 atom stereocenters. The van der Waals surface area contributed by atoms with Crippen LogP contribution in [0.3, 0.4) is 0 Å². The average molecular weight is 350 g/mol. The van der Waals surface area contributed by atoms with E-state index in [0.29, 0.717) is 21.9 Å². The number of hydrogen-bond acceptors (Lipinski definition) is 4. The molecule has 0 aliphatic carbocycles. The highest BCUT2D eigenvalue weighted by molar-refractivity contribution is 6.31.